The first-order chi connectivity index (χ1) is 9.13. The first kappa shape index (κ1) is 11.8. The fourth-order valence-electron chi connectivity index (χ4n) is 2.20. The van der Waals surface area contributed by atoms with Gasteiger partial charge in [0.25, 0.3) is 0 Å². The van der Waals surface area contributed by atoms with Crippen LogP contribution in [0.25, 0.3) is 11.0 Å². The Morgan fingerprint density at radius 1 is 1.16 bits per heavy atom. The molecule has 0 saturated carbocycles. The van der Waals surface area contributed by atoms with Crippen molar-refractivity contribution in [1.29, 1.82) is 0 Å². The highest BCUT2D eigenvalue weighted by atomic mass is 15.3. The van der Waals surface area contributed by atoms with Gasteiger partial charge in [-0.1, -0.05) is 0 Å². The predicted molar refractivity (Wildman–Crippen MR) is 75.8 cm³/mol. The summed E-state index contributed by atoms with van der Waals surface area (Å²) < 4.78 is 4.00. The molecule has 5 heteroatoms. The van der Waals surface area contributed by atoms with E-state index in [1.54, 1.807) is 6.20 Å². The Morgan fingerprint density at radius 2 is 1.95 bits per heavy atom. The topological polar surface area (TPSA) is 61.7 Å². The van der Waals surface area contributed by atoms with Crippen molar-refractivity contribution in [3.8, 4) is 0 Å². The molecule has 0 amide bonds. The van der Waals surface area contributed by atoms with E-state index in [9.17, 15) is 0 Å². The van der Waals surface area contributed by atoms with E-state index in [0.717, 1.165) is 18.6 Å². The number of anilines is 1. The summed E-state index contributed by atoms with van der Waals surface area (Å²) in [5.41, 5.74) is 11.1. The Morgan fingerprint density at radius 3 is 2.68 bits per heavy atom. The monoisotopic (exact) mass is 255 g/mol. The van der Waals surface area contributed by atoms with E-state index in [0.29, 0.717) is 5.69 Å². The fraction of sp³-hybridized carbons (Fsp3) is 0.286. The number of rotatable bonds is 3. The van der Waals surface area contributed by atoms with E-state index in [4.69, 9.17) is 5.73 Å². The van der Waals surface area contributed by atoms with Gasteiger partial charge >= 0.3 is 0 Å². The van der Waals surface area contributed by atoms with Gasteiger partial charge in [0, 0.05) is 12.7 Å². The highest BCUT2D eigenvalue weighted by Crippen LogP contribution is 2.18. The molecule has 0 atom stereocenters. The van der Waals surface area contributed by atoms with Gasteiger partial charge in [-0.15, -0.1) is 0 Å². The van der Waals surface area contributed by atoms with Crippen LogP contribution in [0.4, 0.5) is 5.69 Å². The van der Waals surface area contributed by atoms with Crippen molar-refractivity contribution in [2.75, 3.05) is 5.73 Å². The number of fused-ring (bicyclic) bond motifs is 1. The molecule has 0 saturated heterocycles. The van der Waals surface area contributed by atoms with E-state index in [-0.39, 0.29) is 0 Å². The Bertz CT molecular complexity index is 723. The average Bonchev–Trinajstić information content (AvgIpc) is 2.95. The van der Waals surface area contributed by atoms with E-state index < -0.39 is 0 Å². The van der Waals surface area contributed by atoms with Crippen LogP contribution in [-0.2, 0) is 13.1 Å². The van der Waals surface area contributed by atoms with E-state index in [1.807, 2.05) is 17.2 Å². The van der Waals surface area contributed by atoms with Crippen molar-refractivity contribution >= 4 is 16.7 Å². The Hall–Kier alpha value is -2.30. The third-order valence-corrected chi connectivity index (χ3v) is 3.46. The summed E-state index contributed by atoms with van der Waals surface area (Å²) in [5, 5.41) is 4.18. The molecule has 0 radical (unpaired) electrons. The van der Waals surface area contributed by atoms with Gasteiger partial charge in [0.05, 0.1) is 35.8 Å². The van der Waals surface area contributed by atoms with Crippen LogP contribution in [-0.4, -0.2) is 19.3 Å². The molecule has 0 aliphatic heterocycles. The van der Waals surface area contributed by atoms with Crippen LogP contribution < -0.4 is 5.73 Å². The Kier molecular flexibility index (Phi) is 2.74. The number of hydrogen-bond donors (Lipinski definition) is 1. The molecule has 0 fully saturated rings. The highest BCUT2D eigenvalue weighted by Gasteiger charge is 2.05. The van der Waals surface area contributed by atoms with Gasteiger partial charge in [-0.3, -0.25) is 4.68 Å². The predicted octanol–water partition coefficient (Wildman–Crippen LogP) is 2.13. The maximum atomic E-state index is 5.65. The zero-order valence-electron chi connectivity index (χ0n) is 11.2. The maximum absolute atomic E-state index is 5.65. The fourth-order valence-corrected chi connectivity index (χ4v) is 2.20. The van der Waals surface area contributed by atoms with Crippen molar-refractivity contribution in [3.05, 3.63) is 42.0 Å². The van der Waals surface area contributed by atoms with Gasteiger partial charge in [-0.2, -0.15) is 5.10 Å². The van der Waals surface area contributed by atoms with Crippen molar-refractivity contribution in [1.82, 2.24) is 19.3 Å². The number of aryl methyl sites for hydroxylation is 4. The maximum Gasteiger partial charge on any atom is 0.0958 e. The molecule has 5 nitrogen and oxygen atoms in total. The van der Waals surface area contributed by atoms with Crippen LogP contribution in [0.2, 0.25) is 0 Å². The minimum atomic E-state index is 0.696. The second-order valence-corrected chi connectivity index (χ2v) is 4.90. The molecule has 0 aliphatic rings. The average molecular weight is 255 g/mol. The Labute approximate surface area is 111 Å². The summed E-state index contributed by atoms with van der Waals surface area (Å²) in [6.07, 6.45) is 5.39. The Balaban J connectivity index is 1.87. The summed E-state index contributed by atoms with van der Waals surface area (Å²) >= 11 is 0. The van der Waals surface area contributed by atoms with Crippen molar-refractivity contribution in [2.45, 2.75) is 26.9 Å². The molecule has 98 valence electrons. The first-order valence-corrected chi connectivity index (χ1v) is 6.33. The molecule has 1 aromatic carbocycles. The summed E-state index contributed by atoms with van der Waals surface area (Å²) in [4.78, 5) is 4.45. The van der Waals surface area contributed by atoms with Gasteiger partial charge in [0.15, 0.2) is 0 Å². The number of imidazole rings is 1. The smallest absolute Gasteiger partial charge is 0.0958 e. The van der Waals surface area contributed by atoms with Crippen LogP contribution in [0.1, 0.15) is 11.1 Å². The number of hydrogen-bond acceptors (Lipinski definition) is 3. The molecule has 3 rings (SSSR count). The third kappa shape index (κ3) is 2.19. The number of nitrogen functional groups attached to an aromatic ring is 1. The molecule has 2 heterocycles. The second kappa shape index (κ2) is 4.42. The second-order valence-electron chi connectivity index (χ2n) is 4.90. The number of benzene rings is 1. The summed E-state index contributed by atoms with van der Waals surface area (Å²) in [6.45, 7) is 5.86. The van der Waals surface area contributed by atoms with Gasteiger partial charge in [0.1, 0.15) is 0 Å². The van der Waals surface area contributed by atoms with Gasteiger partial charge in [-0.25, -0.2) is 4.98 Å². The third-order valence-electron chi connectivity index (χ3n) is 3.46. The SMILES string of the molecule is Cc1cc2ncn(CCn3cc(N)cn3)c2cc1C. The number of nitrogens with two attached hydrogens (primary N) is 1. The van der Waals surface area contributed by atoms with Gasteiger partial charge in [0.2, 0.25) is 0 Å². The van der Waals surface area contributed by atoms with Gasteiger partial charge in [-0.05, 0) is 37.1 Å². The van der Waals surface area contributed by atoms with Crippen LogP contribution in [0.5, 0.6) is 0 Å². The molecule has 19 heavy (non-hydrogen) atoms. The molecule has 0 bridgehead atoms. The lowest BCUT2D eigenvalue weighted by atomic mass is 10.1. The molecule has 3 aromatic rings. The van der Waals surface area contributed by atoms with Crippen molar-refractivity contribution < 1.29 is 0 Å². The minimum absolute atomic E-state index is 0.696. The lowest BCUT2D eigenvalue weighted by Gasteiger charge is -2.06. The largest absolute Gasteiger partial charge is 0.396 e. The summed E-state index contributed by atoms with van der Waals surface area (Å²) in [7, 11) is 0. The number of nitrogens with zero attached hydrogens (tertiary/aromatic N) is 4. The van der Waals surface area contributed by atoms with Crippen LogP contribution in [0, 0.1) is 13.8 Å². The lowest BCUT2D eigenvalue weighted by Crippen LogP contribution is -2.07. The molecule has 0 aliphatic carbocycles. The molecule has 0 unspecified atom stereocenters. The summed E-state index contributed by atoms with van der Waals surface area (Å²) in [6, 6.07) is 4.32. The standard InChI is InChI=1S/C14H17N5/c1-10-5-13-14(6-11(10)2)18(9-16-13)3-4-19-8-12(15)7-17-19/h5-9H,3-4,15H2,1-2H3. The lowest BCUT2D eigenvalue weighted by molar-refractivity contribution is 0.541. The molecular weight excluding hydrogens is 238 g/mol. The van der Waals surface area contributed by atoms with Crippen LogP contribution in [0.3, 0.4) is 0 Å². The summed E-state index contributed by atoms with van der Waals surface area (Å²) in [5.74, 6) is 0. The quantitative estimate of drug-likeness (QED) is 0.780. The van der Waals surface area contributed by atoms with E-state index in [1.165, 1.54) is 16.6 Å². The van der Waals surface area contributed by atoms with Crippen molar-refractivity contribution in [3.63, 3.8) is 0 Å². The van der Waals surface area contributed by atoms with E-state index in [2.05, 4.69) is 40.6 Å². The normalized spacial score (nSPS) is 11.3. The first-order valence-electron chi connectivity index (χ1n) is 6.33. The zero-order valence-corrected chi connectivity index (χ0v) is 11.2. The van der Waals surface area contributed by atoms with Crippen LogP contribution >= 0.6 is 0 Å². The molecule has 2 aromatic heterocycles. The molecule has 2 N–H and O–H groups in total. The molecular formula is C14H17N5. The minimum Gasteiger partial charge on any atom is -0.396 e. The number of aromatic nitrogens is 4. The molecule has 0 spiro atoms. The van der Waals surface area contributed by atoms with Crippen molar-refractivity contribution in [2.24, 2.45) is 0 Å². The van der Waals surface area contributed by atoms with Gasteiger partial charge < -0.3 is 10.3 Å². The highest BCUT2D eigenvalue weighted by molar-refractivity contribution is 5.77. The van der Waals surface area contributed by atoms with Crippen LogP contribution in [0.15, 0.2) is 30.9 Å². The van der Waals surface area contributed by atoms with E-state index >= 15 is 0 Å². The zero-order chi connectivity index (χ0) is 13.4.